The topological polar surface area (TPSA) is 38.3 Å². The summed E-state index contributed by atoms with van der Waals surface area (Å²) < 4.78 is 18.2. The molecule has 0 spiro atoms. The molecule has 0 aliphatic carbocycles. The van der Waals surface area contributed by atoms with Crippen LogP contribution in [0.25, 0.3) is 0 Å². The Kier molecular flexibility index (Phi) is 5.19. The van der Waals surface area contributed by atoms with Crippen molar-refractivity contribution in [3.63, 3.8) is 0 Å². The van der Waals surface area contributed by atoms with Crippen LogP contribution in [-0.4, -0.2) is 19.1 Å². The minimum Gasteiger partial charge on any atom is -0.497 e. The summed E-state index contributed by atoms with van der Waals surface area (Å²) in [6.45, 7) is 3.44. The van der Waals surface area contributed by atoms with Gasteiger partial charge in [0.15, 0.2) is 0 Å². The van der Waals surface area contributed by atoms with Gasteiger partial charge >= 0.3 is 0 Å². The monoisotopic (exact) mass is 249 g/mol. The molecular formula is C14H16FNO2. The van der Waals surface area contributed by atoms with Gasteiger partial charge in [-0.2, -0.15) is 0 Å². The molecule has 0 aliphatic heterocycles. The third kappa shape index (κ3) is 4.46. The Morgan fingerprint density at radius 2 is 2.22 bits per heavy atom. The highest BCUT2D eigenvalue weighted by molar-refractivity contribution is 5.93. The van der Waals surface area contributed by atoms with E-state index in [0.29, 0.717) is 12.2 Å². The number of benzene rings is 1. The molecule has 1 unspecified atom stereocenters. The van der Waals surface area contributed by atoms with Crippen LogP contribution in [-0.2, 0) is 11.2 Å². The first kappa shape index (κ1) is 14.0. The first-order valence-electron chi connectivity index (χ1n) is 5.62. The molecular weight excluding hydrogens is 233 g/mol. The van der Waals surface area contributed by atoms with Gasteiger partial charge in [0.25, 0.3) is 5.91 Å². The van der Waals surface area contributed by atoms with E-state index < -0.39 is 0 Å². The molecule has 1 aromatic carbocycles. The maximum absolute atomic E-state index is 13.3. The molecule has 3 nitrogen and oxygen atoms in total. The van der Waals surface area contributed by atoms with Gasteiger partial charge in [0.2, 0.25) is 0 Å². The molecule has 1 rings (SSSR count). The van der Waals surface area contributed by atoms with Crippen molar-refractivity contribution in [3.8, 4) is 17.6 Å². The van der Waals surface area contributed by atoms with E-state index in [2.05, 4.69) is 17.2 Å². The number of methoxy groups -OCH3 is 1. The predicted octanol–water partition coefficient (Wildman–Crippen LogP) is 1.90. The Hall–Kier alpha value is -2.02. The smallest absolute Gasteiger partial charge is 0.296 e. The molecule has 1 amide bonds. The van der Waals surface area contributed by atoms with Crippen LogP contribution in [0.1, 0.15) is 19.4 Å². The van der Waals surface area contributed by atoms with Crippen LogP contribution < -0.4 is 10.1 Å². The third-order valence-electron chi connectivity index (χ3n) is 2.32. The van der Waals surface area contributed by atoms with Crippen LogP contribution >= 0.6 is 0 Å². The van der Waals surface area contributed by atoms with E-state index in [1.807, 2.05) is 6.92 Å². The number of hydrogen-bond acceptors (Lipinski definition) is 2. The second kappa shape index (κ2) is 6.65. The van der Waals surface area contributed by atoms with Crippen molar-refractivity contribution in [1.82, 2.24) is 5.32 Å². The van der Waals surface area contributed by atoms with Crippen molar-refractivity contribution in [1.29, 1.82) is 0 Å². The normalized spacial score (nSPS) is 11.1. The summed E-state index contributed by atoms with van der Waals surface area (Å²) in [6, 6.07) is 4.37. The summed E-state index contributed by atoms with van der Waals surface area (Å²) in [7, 11) is 1.49. The molecule has 18 heavy (non-hydrogen) atoms. The SMILES string of the molecule is CC#CC(=O)NC(C)Cc1cc(F)cc(OC)c1. The summed E-state index contributed by atoms with van der Waals surface area (Å²) in [5, 5.41) is 2.71. The Bertz CT molecular complexity index is 488. The van der Waals surface area contributed by atoms with E-state index >= 15 is 0 Å². The van der Waals surface area contributed by atoms with E-state index in [9.17, 15) is 9.18 Å². The number of ether oxygens (including phenoxy) is 1. The van der Waals surface area contributed by atoms with Gasteiger partial charge in [-0.1, -0.05) is 5.92 Å². The number of carbonyl (C=O) groups is 1. The lowest BCUT2D eigenvalue weighted by molar-refractivity contribution is -0.116. The molecule has 0 saturated carbocycles. The summed E-state index contributed by atoms with van der Waals surface area (Å²) in [6.07, 6.45) is 0.519. The second-order valence-electron chi connectivity index (χ2n) is 3.95. The van der Waals surface area contributed by atoms with E-state index in [1.54, 1.807) is 13.0 Å². The molecule has 0 fully saturated rings. The number of carbonyl (C=O) groups excluding carboxylic acids is 1. The van der Waals surface area contributed by atoms with Gasteiger partial charge in [0.05, 0.1) is 7.11 Å². The van der Waals surface area contributed by atoms with Gasteiger partial charge in [-0.15, -0.1) is 0 Å². The zero-order chi connectivity index (χ0) is 13.5. The molecule has 0 saturated heterocycles. The largest absolute Gasteiger partial charge is 0.497 e. The maximum Gasteiger partial charge on any atom is 0.296 e. The van der Waals surface area contributed by atoms with Crippen molar-refractivity contribution >= 4 is 5.91 Å². The van der Waals surface area contributed by atoms with Crippen LogP contribution in [0.15, 0.2) is 18.2 Å². The highest BCUT2D eigenvalue weighted by atomic mass is 19.1. The summed E-state index contributed by atoms with van der Waals surface area (Å²) in [5.74, 6) is 4.71. The van der Waals surface area contributed by atoms with Gasteiger partial charge in [0.1, 0.15) is 11.6 Å². The molecule has 1 N–H and O–H groups in total. The van der Waals surface area contributed by atoms with Crippen molar-refractivity contribution in [2.24, 2.45) is 0 Å². The predicted molar refractivity (Wildman–Crippen MR) is 67.7 cm³/mol. The van der Waals surface area contributed by atoms with Gasteiger partial charge in [-0.25, -0.2) is 4.39 Å². The number of hydrogen-bond donors (Lipinski definition) is 1. The molecule has 96 valence electrons. The lowest BCUT2D eigenvalue weighted by Gasteiger charge is -2.12. The first-order chi connectivity index (χ1) is 8.55. The van der Waals surface area contributed by atoms with E-state index in [-0.39, 0.29) is 17.8 Å². The van der Waals surface area contributed by atoms with Crippen molar-refractivity contribution in [3.05, 3.63) is 29.6 Å². The van der Waals surface area contributed by atoms with Gasteiger partial charge in [0, 0.05) is 12.1 Å². The highest BCUT2D eigenvalue weighted by Crippen LogP contribution is 2.17. The molecule has 0 radical (unpaired) electrons. The average Bonchev–Trinajstić information content (AvgIpc) is 2.27. The Morgan fingerprint density at radius 3 is 2.83 bits per heavy atom. The second-order valence-corrected chi connectivity index (χ2v) is 3.95. The van der Waals surface area contributed by atoms with Crippen LogP contribution in [0.5, 0.6) is 5.75 Å². The minimum absolute atomic E-state index is 0.121. The van der Waals surface area contributed by atoms with E-state index in [4.69, 9.17) is 4.74 Å². The van der Waals surface area contributed by atoms with Crippen LogP contribution in [0.2, 0.25) is 0 Å². The average molecular weight is 249 g/mol. The minimum atomic E-state index is -0.351. The van der Waals surface area contributed by atoms with Gasteiger partial charge < -0.3 is 10.1 Å². The number of rotatable bonds is 4. The maximum atomic E-state index is 13.3. The Balaban J connectivity index is 2.68. The fourth-order valence-corrected chi connectivity index (χ4v) is 1.63. The van der Waals surface area contributed by atoms with Crippen molar-refractivity contribution in [2.45, 2.75) is 26.3 Å². The lowest BCUT2D eigenvalue weighted by Crippen LogP contribution is -2.33. The van der Waals surface area contributed by atoms with Crippen molar-refractivity contribution in [2.75, 3.05) is 7.11 Å². The van der Waals surface area contributed by atoms with Gasteiger partial charge in [-0.05, 0) is 43.9 Å². The van der Waals surface area contributed by atoms with E-state index in [1.165, 1.54) is 19.2 Å². The molecule has 4 heteroatoms. The summed E-state index contributed by atoms with van der Waals surface area (Å²) in [5.41, 5.74) is 0.768. The van der Waals surface area contributed by atoms with Crippen LogP contribution in [0.3, 0.4) is 0 Å². The first-order valence-corrected chi connectivity index (χ1v) is 5.62. The van der Waals surface area contributed by atoms with Crippen molar-refractivity contribution < 1.29 is 13.9 Å². The highest BCUT2D eigenvalue weighted by Gasteiger charge is 2.08. The summed E-state index contributed by atoms with van der Waals surface area (Å²) >= 11 is 0. The lowest BCUT2D eigenvalue weighted by atomic mass is 10.1. The zero-order valence-corrected chi connectivity index (χ0v) is 10.7. The fourth-order valence-electron chi connectivity index (χ4n) is 1.63. The molecule has 0 heterocycles. The zero-order valence-electron chi connectivity index (χ0n) is 10.7. The Morgan fingerprint density at radius 1 is 1.50 bits per heavy atom. The molecule has 0 aromatic heterocycles. The standard InChI is InChI=1S/C14H16FNO2/c1-4-5-14(17)16-10(2)6-11-7-12(15)9-13(8-11)18-3/h7-10H,6H2,1-3H3,(H,16,17). The number of nitrogens with one attached hydrogen (secondary N) is 1. The number of halogens is 1. The fraction of sp³-hybridized carbons (Fsp3) is 0.357. The molecule has 0 bridgehead atoms. The van der Waals surface area contributed by atoms with E-state index in [0.717, 1.165) is 5.56 Å². The quantitative estimate of drug-likeness (QED) is 0.828. The Labute approximate surface area is 106 Å². The van der Waals surface area contributed by atoms with Gasteiger partial charge in [-0.3, -0.25) is 4.79 Å². The number of amides is 1. The molecule has 0 aliphatic rings. The molecule has 1 atom stereocenters. The van der Waals surface area contributed by atoms with Crippen LogP contribution in [0.4, 0.5) is 4.39 Å². The van der Waals surface area contributed by atoms with Crippen LogP contribution in [0, 0.1) is 17.7 Å². The third-order valence-corrected chi connectivity index (χ3v) is 2.32. The summed E-state index contributed by atoms with van der Waals surface area (Å²) in [4.78, 5) is 11.3. The molecule has 1 aromatic rings.